The molecular weight excluding hydrogens is 366 g/mol. The zero-order valence-corrected chi connectivity index (χ0v) is 16.2. The second kappa shape index (κ2) is 7.38. The molecule has 1 aliphatic carbocycles. The number of anilines is 2. The number of amides is 2. The number of benzene rings is 1. The molecule has 1 saturated heterocycles. The van der Waals surface area contributed by atoms with Gasteiger partial charge in [0.05, 0.1) is 10.7 Å². The summed E-state index contributed by atoms with van der Waals surface area (Å²) in [6.07, 6.45) is 6.27. The van der Waals surface area contributed by atoms with E-state index >= 15 is 0 Å². The third-order valence-electron chi connectivity index (χ3n) is 5.42. The molecular formula is C19H24ClN5O2. The zero-order chi connectivity index (χ0) is 18.9. The third kappa shape index (κ3) is 3.74. The quantitative estimate of drug-likeness (QED) is 0.817. The first-order chi connectivity index (χ1) is 13.1. The SMILES string of the molecule is Cc1nc(C2(NC(=O)Nc3ccc(N4CCCCC4)c(Cl)c3)CCC2)no1. The highest BCUT2D eigenvalue weighted by Gasteiger charge is 2.44. The predicted molar refractivity (Wildman–Crippen MR) is 104 cm³/mol. The summed E-state index contributed by atoms with van der Waals surface area (Å²) in [5.74, 6) is 1.04. The van der Waals surface area contributed by atoms with Crippen LogP contribution in [0.4, 0.5) is 16.2 Å². The summed E-state index contributed by atoms with van der Waals surface area (Å²) in [6, 6.07) is 5.38. The average Bonchev–Trinajstić information content (AvgIpc) is 3.05. The van der Waals surface area contributed by atoms with Crippen molar-refractivity contribution in [2.24, 2.45) is 0 Å². The highest BCUT2D eigenvalue weighted by molar-refractivity contribution is 6.33. The minimum Gasteiger partial charge on any atom is -0.370 e. The van der Waals surface area contributed by atoms with E-state index in [0.717, 1.165) is 38.0 Å². The lowest BCUT2D eigenvalue weighted by Gasteiger charge is -2.39. The molecule has 4 rings (SSSR count). The molecule has 2 heterocycles. The van der Waals surface area contributed by atoms with Gasteiger partial charge in [-0.15, -0.1) is 0 Å². The number of nitrogens with one attached hydrogen (secondary N) is 2. The van der Waals surface area contributed by atoms with Crippen LogP contribution in [0.1, 0.15) is 50.2 Å². The number of piperidine rings is 1. The van der Waals surface area contributed by atoms with Crippen molar-refractivity contribution in [2.45, 2.75) is 51.0 Å². The highest BCUT2D eigenvalue weighted by Crippen LogP contribution is 2.40. The number of carbonyl (C=O) groups is 1. The summed E-state index contributed by atoms with van der Waals surface area (Å²) in [6.45, 7) is 3.80. The Kier molecular flexibility index (Phi) is 4.95. The molecule has 27 heavy (non-hydrogen) atoms. The number of nitrogens with zero attached hydrogens (tertiary/aromatic N) is 3. The molecule has 1 saturated carbocycles. The van der Waals surface area contributed by atoms with Crippen molar-refractivity contribution in [2.75, 3.05) is 23.3 Å². The standard InChI is InChI=1S/C19H24ClN5O2/c1-13-21-17(24-27-13)19(8-5-9-19)23-18(26)22-14-6-7-16(15(20)12-14)25-10-3-2-4-11-25/h6-7,12H,2-5,8-11H2,1H3,(H2,22,23,26). The van der Waals surface area contributed by atoms with Crippen LogP contribution in [0.25, 0.3) is 0 Å². The summed E-state index contributed by atoms with van der Waals surface area (Å²) < 4.78 is 5.08. The van der Waals surface area contributed by atoms with Crippen LogP contribution in [0, 0.1) is 6.92 Å². The molecule has 2 fully saturated rings. The van der Waals surface area contributed by atoms with Gasteiger partial charge in [0, 0.05) is 25.7 Å². The molecule has 144 valence electrons. The molecule has 0 radical (unpaired) electrons. The van der Waals surface area contributed by atoms with E-state index in [1.165, 1.54) is 19.3 Å². The van der Waals surface area contributed by atoms with Gasteiger partial charge in [-0.2, -0.15) is 4.98 Å². The Hall–Kier alpha value is -2.28. The number of hydrogen-bond donors (Lipinski definition) is 2. The van der Waals surface area contributed by atoms with Crippen LogP contribution in [-0.2, 0) is 5.54 Å². The number of rotatable bonds is 4. The largest absolute Gasteiger partial charge is 0.370 e. The second-order valence-electron chi connectivity index (χ2n) is 7.37. The van der Waals surface area contributed by atoms with Gasteiger partial charge < -0.3 is 20.1 Å². The van der Waals surface area contributed by atoms with Gasteiger partial charge in [-0.1, -0.05) is 16.8 Å². The zero-order valence-electron chi connectivity index (χ0n) is 15.4. The molecule has 0 unspecified atom stereocenters. The predicted octanol–water partition coefficient (Wildman–Crippen LogP) is 4.22. The van der Waals surface area contributed by atoms with Crippen molar-refractivity contribution in [3.05, 3.63) is 34.9 Å². The number of urea groups is 1. The van der Waals surface area contributed by atoms with E-state index in [2.05, 4.69) is 25.7 Å². The molecule has 2 aliphatic rings. The van der Waals surface area contributed by atoms with E-state index in [-0.39, 0.29) is 6.03 Å². The minimum absolute atomic E-state index is 0.293. The van der Waals surface area contributed by atoms with Crippen molar-refractivity contribution in [1.82, 2.24) is 15.5 Å². The Morgan fingerprint density at radius 2 is 2.00 bits per heavy atom. The lowest BCUT2D eigenvalue weighted by atomic mass is 9.76. The Labute approximate surface area is 163 Å². The van der Waals surface area contributed by atoms with Gasteiger partial charge in [0.25, 0.3) is 0 Å². The van der Waals surface area contributed by atoms with E-state index in [9.17, 15) is 4.79 Å². The van der Waals surface area contributed by atoms with Gasteiger partial charge in [-0.25, -0.2) is 4.79 Å². The van der Waals surface area contributed by atoms with Crippen LogP contribution in [-0.4, -0.2) is 29.3 Å². The Balaban J connectivity index is 1.42. The molecule has 0 spiro atoms. The molecule has 0 bridgehead atoms. The van der Waals surface area contributed by atoms with Crippen LogP contribution < -0.4 is 15.5 Å². The first-order valence-corrected chi connectivity index (χ1v) is 9.88. The molecule has 1 aliphatic heterocycles. The first kappa shape index (κ1) is 18.1. The van der Waals surface area contributed by atoms with Crippen molar-refractivity contribution >= 4 is 29.0 Å². The van der Waals surface area contributed by atoms with E-state index < -0.39 is 5.54 Å². The fourth-order valence-corrected chi connectivity index (χ4v) is 4.08. The maximum atomic E-state index is 12.5. The molecule has 2 aromatic rings. The average molecular weight is 390 g/mol. The van der Waals surface area contributed by atoms with Crippen LogP contribution in [0.3, 0.4) is 0 Å². The van der Waals surface area contributed by atoms with Crippen molar-refractivity contribution in [1.29, 1.82) is 0 Å². The molecule has 1 aromatic heterocycles. The van der Waals surface area contributed by atoms with E-state index in [4.69, 9.17) is 16.1 Å². The summed E-state index contributed by atoms with van der Waals surface area (Å²) in [5, 5.41) is 10.5. The van der Waals surface area contributed by atoms with Gasteiger partial charge >= 0.3 is 6.03 Å². The van der Waals surface area contributed by atoms with Crippen molar-refractivity contribution < 1.29 is 9.32 Å². The Morgan fingerprint density at radius 3 is 2.59 bits per heavy atom. The maximum absolute atomic E-state index is 12.5. The number of aromatic nitrogens is 2. The lowest BCUT2D eigenvalue weighted by molar-refractivity contribution is 0.171. The van der Waals surface area contributed by atoms with Crippen LogP contribution in [0.15, 0.2) is 22.7 Å². The Morgan fingerprint density at radius 1 is 1.22 bits per heavy atom. The number of aryl methyl sites for hydroxylation is 1. The van der Waals surface area contributed by atoms with Crippen molar-refractivity contribution in [3.63, 3.8) is 0 Å². The fraction of sp³-hybridized carbons (Fsp3) is 0.526. The summed E-state index contributed by atoms with van der Waals surface area (Å²) in [7, 11) is 0. The smallest absolute Gasteiger partial charge is 0.320 e. The number of halogens is 1. The van der Waals surface area contributed by atoms with Gasteiger partial charge in [0.15, 0.2) is 5.82 Å². The summed E-state index contributed by atoms with van der Waals surface area (Å²) >= 11 is 6.47. The van der Waals surface area contributed by atoms with Gasteiger partial charge in [-0.3, -0.25) is 0 Å². The highest BCUT2D eigenvalue weighted by atomic mass is 35.5. The topological polar surface area (TPSA) is 83.3 Å². The molecule has 2 N–H and O–H groups in total. The van der Waals surface area contributed by atoms with Crippen LogP contribution >= 0.6 is 11.6 Å². The van der Waals surface area contributed by atoms with Gasteiger partial charge in [-0.05, 0) is 56.7 Å². The second-order valence-corrected chi connectivity index (χ2v) is 7.77. The molecule has 7 nitrogen and oxygen atoms in total. The molecule has 8 heteroatoms. The van der Waals surface area contributed by atoms with Gasteiger partial charge in [0.2, 0.25) is 5.89 Å². The van der Waals surface area contributed by atoms with Crippen LogP contribution in [0.5, 0.6) is 0 Å². The van der Waals surface area contributed by atoms with Crippen LogP contribution in [0.2, 0.25) is 5.02 Å². The third-order valence-corrected chi connectivity index (χ3v) is 5.72. The minimum atomic E-state index is -0.542. The lowest BCUT2D eigenvalue weighted by Crippen LogP contribution is -2.52. The normalized spacial score (nSPS) is 18.7. The summed E-state index contributed by atoms with van der Waals surface area (Å²) in [4.78, 5) is 19.1. The molecule has 1 aromatic carbocycles. The summed E-state index contributed by atoms with van der Waals surface area (Å²) in [5.41, 5.74) is 1.15. The number of carbonyl (C=O) groups excluding carboxylic acids is 1. The fourth-order valence-electron chi connectivity index (χ4n) is 3.78. The molecule has 0 atom stereocenters. The van der Waals surface area contributed by atoms with Crippen molar-refractivity contribution in [3.8, 4) is 0 Å². The maximum Gasteiger partial charge on any atom is 0.320 e. The van der Waals surface area contributed by atoms with E-state index in [1.807, 2.05) is 12.1 Å². The number of hydrogen-bond acceptors (Lipinski definition) is 5. The molecule has 2 amide bonds. The van der Waals surface area contributed by atoms with E-state index in [0.29, 0.717) is 22.4 Å². The monoisotopic (exact) mass is 389 g/mol. The van der Waals surface area contributed by atoms with Gasteiger partial charge in [0.1, 0.15) is 5.54 Å². The Bertz CT molecular complexity index is 827. The van der Waals surface area contributed by atoms with E-state index in [1.54, 1.807) is 13.0 Å². The first-order valence-electron chi connectivity index (χ1n) is 9.50.